The lowest BCUT2D eigenvalue weighted by Crippen LogP contribution is -2.32. The highest BCUT2D eigenvalue weighted by molar-refractivity contribution is 6.45. The molecule has 0 bridgehead atoms. The van der Waals surface area contributed by atoms with E-state index in [0.717, 1.165) is 24.0 Å². The number of fused-ring (bicyclic) bond motifs is 1. The molecule has 4 nitrogen and oxygen atoms in total. The minimum Gasteiger partial charge on any atom is -0.487 e. The number of hydrogen-bond acceptors (Lipinski definition) is 3. The summed E-state index contributed by atoms with van der Waals surface area (Å²) in [5.74, 6) is 0.869. The van der Waals surface area contributed by atoms with Gasteiger partial charge in [0.15, 0.2) is 5.78 Å². The van der Waals surface area contributed by atoms with Gasteiger partial charge in [0.1, 0.15) is 17.4 Å². The SMILES string of the molecule is CNC(=O)c1ccc(COc2cc3c(c(Cl)c2Cl)C(=O)C(C)(C2CCCC2)C3)cc1. The van der Waals surface area contributed by atoms with E-state index >= 15 is 0 Å². The maximum absolute atomic E-state index is 13.3. The lowest BCUT2D eigenvalue weighted by molar-refractivity contribution is 0.0744. The van der Waals surface area contributed by atoms with E-state index < -0.39 is 5.41 Å². The van der Waals surface area contributed by atoms with Gasteiger partial charge in [-0.25, -0.2) is 0 Å². The van der Waals surface area contributed by atoms with Crippen molar-refractivity contribution in [3.63, 3.8) is 0 Å². The second-order valence-corrected chi connectivity index (χ2v) is 9.26. The van der Waals surface area contributed by atoms with Crippen LogP contribution in [0, 0.1) is 11.3 Å². The second kappa shape index (κ2) is 8.24. The minimum atomic E-state index is -0.403. The highest BCUT2D eigenvalue weighted by atomic mass is 35.5. The van der Waals surface area contributed by atoms with Gasteiger partial charge in [0.2, 0.25) is 0 Å². The molecule has 4 rings (SSSR count). The van der Waals surface area contributed by atoms with Crippen LogP contribution in [-0.2, 0) is 13.0 Å². The van der Waals surface area contributed by atoms with Gasteiger partial charge < -0.3 is 10.1 Å². The van der Waals surface area contributed by atoms with E-state index in [1.165, 1.54) is 12.8 Å². The Morgan fingerprint density at radius 1 is 1.17 bits per heavy atom. The first-order valence-corrected chi connectivity index (χ1v) is 11.1. The van der Waals surface area contributed by atoms with E-state index in [4.69, 9.17) is 27.9 Å². The fourth-order valence-corrected chi connectivity index (χ4v) is 5.36. The van der Waals surface area contributed by atoms with Crippen LogP contribution in [0.15, 0.2) is 30.3 Å². The molecule has 2 aromatic rings. The molecule has 1 saturated carbocycles. The number of nitrogens with one attached hydrogen (secondary N) is 1. The molecule has 6 heteroatoms. The van der Waals surface area contributed by atoms with Crippen molar-refractivity contribution in [3.05, 3.63) is 62.6 Å². The Kier molecular flexibility index (Phi) is 5.82. The summed E-state index contributed by atoms with van der Waals surface area (Å²) in [6.07, 6.45) is 5.24. The number of carbonyl (C=O) groups excluding carboxylic acids is 2. The van der Waals surface area contributed by atoms with Crippen molar-refractivity contribution in [1.29, 1.82) is 0 Å². The van der Waals surface area contributed by atoms with E-state index in [-0.39, 0.29) is 23.3 Å². The van der Waals surface area contributed by atoms with Crippen LogP contribution >= 0.6 is 23.2 Å². The van der Waals surface area contributed by atoms with Crippen LogP contribution in [0.25, 0.3) is 0 Å². The van der Waals surface area contributed by atoms with Gasteiger partial charge in [-0.15, -0.1) is 0 Å². The molecule has 0 saturated heterocycles. The molecule has 158 valence electrons. The van der Waals surface area contributed by atoms with E-state index in [1.807, 2.05) is 18.2 Å². The molecule has 0 aliphatic heterocycles. The molecular weight excluding hydrogens is 421 g/mol. The topological polar surface area (TPSA) is 55.4 Å². The molecule has 0 heterocycles. The van der Waals surface area contributed by atoms with Crippen LogP contribution in [0.4, 0.5) is 0 Å². The highest BCUT2D eigenvalue weighted by Crippen LogP contribution is 2.52. The zero-order valence-electron chi connectivity index (χ0n) is 17.2. The number of halogens is 2. The van der Waals surface area contributed by atoms with E-state index in [1.54, 1.807) is 19.2 Å². The summed E-state index contributed by atoms with van der Waals surface area (Å²) in [7, 11) is 1.60. The van der Waals surface area contributed by atoms with Crippen LogP contribution in [0.3, 0.4) is 0 Å². The highest BCUT2D eigenvalue weighted by Gasteiger charge is 2.49. The van der Waals surface area contributed by atoms with Crippen molar-refractivity contribution in [2.45, 2.75) is 45.6 Å². The monoisotopic (exact) mass is 445 g/mol. The van der Waals surface area contributed by atoms with Crippen LogP contribution in [0.1, 0.15) is 64.4 Å². The van der Waals surface area contributed by atoms with Crippen LogP contribution in [0.2, 0.25) is 10.0 Å². The van der Waals surface area contributed by atoms with Crippen molar-refractivity contribution in [2.24, 2.45) is 11.3 Å². The summed E-state index contributed by atoms with van der Waals surface area (Å²) in [6.45, 7) is 2.36. The van der Waals surface area contributed by atoms with Gasteiger partial charge in [-0.2, -0.15) is 0 Å². The van der Waals surface area contributed by atoms with E-state index in [9.17, 15) is 9.59 Å². The lowest BCUT2D eigenvalue weighted by Gasteiger charge is -2.29. The summed E-state index contributed by atoms with van der Waals surface area (Å²) in [5.41, 5.74) is 2.58. The number of Topliss-reactive ketones (excluding diaryl/α,β-unsaturated/α-hetero) is 1. The molecule has 0 radical (unpaired) electrons. The lowest BCUT2D eigenvalue weighted by atomic mass is 9.73. The number of amides is 1. The Labute approximate surface area is 186 Å². The first-order valence-electron chi connectivity index (χ1n) is 10.3. The zero-order valence-corrected chi connectivity index (χ0v) is 18.7. The molecule has 1 amide bonds. The molecule has 1 atom stereocenters. The number of benzene rings is 2. The summed E-state index contributed by atoms with van der Waals surface area (Å²) in [4.78, 5) is 24.9. The molecule has 0 spiro atoms. The fraction of sp³-hybridized carbons (Fsp3) is 0.417. The largest absolute Gasteiger partial charge is 0.487 e. The molecule has 1 fully saturated rings. The number of rotatable bonds is 5. The van der Waals surface area contributed by atoms with Crippen LogP contribution in [-0.4, -0.2) is 18.7 Å². The predicted octanol–water partition coefficient (Wildman–Crippen LogP) is 5.87. The van der Waals surface area contributed by atoms with Gasteiger partial charge in [0.25, 0.3) is 5.91 Å². The third-order valence-corrected chi connectivity index (χ3v) is 7.50. The van der Waals surface area contributed by atoms with Gasteiger partial charge >= 0.3 is 0 Å². The maximum Gasteiger partial charge on any atom is 0.251 e. The first kappa shape index (κ1) is 21.2. The average molecular weight is 446 g/mol. The Morgan fingerprint density at radius 2 is 1.83 bits per heavy atom. The Hall–Kier alpha value is -2.04. The minimum absolute atomic E-state index is 0.118. The molecule has 2 aromatic carbocycles. The average Bonchev–Trinajstić information content (AvgIpc) is 3.38. The first-order chi connectivity index (χ1) is 14.3. The number of ether oxygens (including phenoxy) is 1. The molecule has 0 aromatic heterocycles. The molecule has 2 aliphatic carbocycles. The third kappa shape index (κ3) is 3.61. The Balaban J connectivity index is 1.55. The quantitative estimate of drug-likeness (QED) is 0.625. The van der Waals surface area contributed by atoms with E-state index in [2.05, 4.69) is 12.2 Å². The predicted molar refractivity (Wildman–Crippen MR) is 119 cm³/mol. The molecule has 30 heavy (non-hydrogen) atoms. The van der Waals surface area contributed by atoms with Crippen molar-refractivity contribution >= 4 is 34.9 Å². The summed E-state index contributed by atoms with van der Waals surface area (Å²) >= 11 is 13.0. The summed E-state index contributed by atoms with van der Waals surface area (Å²) in [5, 5.41) is 3.17. The van der Waals surface area contributed by atoms with Gasteiger partial charge in [-0.1, -0.05) is 55.1 Å². The normalized spacial score (nSPS) is 21.0. The number of hydrogen-bond donors (Lipinski definition) is 1. The smallest absolute Gasteiger partial charge is 0.251 e. The van der Waals surface area contributed by atoms with Crippen LogP contribution in [0.5, 0.6) is 5.75 Å². The fourth-order valence-electron chi connectivity index (χ4n) is 4.85. The number of carbonyl (C=O) groups is 2. The van der Waals surface area contributed by atoms with Crippen molar-refractivity contribution in [3.8, 4) is 5.75 Å². The summed E-state index contributed by atoms with van der Waals surface area (Å²) < 4.78 is 5.96. The molecule has 1 N–H and O–H groups in total. The number of ketones is 1. The van der Waals surface area contributed by atoms with Crippen molar-refractivity contribution in [1.82, 2.24) is 5.32 Å². The van der Waals surface area contributed by atoms with Gasteiger partial charge in [-0.05, 0) is 54.5 Å². The van der Waals surface area contributed by atoms with Gasteiger partial charge in [-0.3, -0.25) is 9.59 Å². The van der Waals surface area contributed by atoms with Crippen LogP contribution < -0.4 is 10.1 Å². The molecular formula is C24H25Cl2NO3. The van der Waals surface area contributed by atoms with E-state index in [0.29, 0.717) is 34.2 Å². The molecule has 2 aliphatic rings. The maximum atomic E-state index is 13.3. The third-order valence-electron chi connectivity index (χ3n) is 6.65. The van der Waals surface area contributed by atoms with Crippen molar-refractivity contribution in [2.75, 3.05) is 7.05 Å². The Bertz CT molecular complexity index is 997. The second-order valence-electron chi connectivity index (χ2n) is 8.51. The van der Waals surface area contributed by atoms with Crippen molar-refractivity contribution < 1.29 is 14.3 Å². The van der Waals surface area contributed by atoms with Gasteiger partial charge in [0, 0.05) is 23.6 Å². The molecule has 1 unspecified atom stereocenters. The zero-order chi connectivity index (χ0) is 21.5. The standard InChI is InChI=1S/C24H25Cl2NO3/c1-24(17-5-3-4-6-17)12-16-11-18(20(25)21(26)19(16)22(24)28)30-13-14-7-9-15(10-8-14)23(29)27-2/h7-11,17H,3-6,12-13H2,1-2H3,(H,27,29). The Morgan fingerprint density at radius 3 is 2.47 bits per heavy atom. The van der Waals surface area contributed by atoms with Gasteiger partial charge in [0.05, 0.1) is 5.02 Å². The summed E-state index contributed by atoms with van der Waals surface area (Å²) in [6, 6.07) is 9.06.